The fraction of sp³-hybridized carbons (Fsp3) is 0.200. The molecule has 1 aromatic heterocycles. The summed E-state index contributed by atoms with van der Waals surface area (Å²) in [5.41, 5.74) is -0.330. The minimum atomic E-state index is -3.65. The molecule has 150 valence electrons. The van der Waals surface area contributed by atoms with Crippen LogP contribution in [0.3, 0.4) is 0 Å². The van der Waals surface area contributed by atoms with E-state index in [0.717, 1.165) is 0 Å². The lowest BCUT2D eigenvalue weighted by Crippen LogP contribution is -2.51. The van der Waals surface area contributed by atoms with Gasteiger partial charge in [0.2, 0.25) is 10.0 Å². The molecular weight excluding hydrogens is 460 g/mol. The zero-order chi connectivity index (χ0) is 20.6. The van der Waals surface area contributed by atoms with Gasteiger partial charge < -0.3 is 9.32 Å². The van der Waals surface area contributed by atoms with Crippen LogP contribution in [0.5, 0.6) is 0 Å². The van der Waals surface area contributed by atoms with E-state index in [1.807, 2.05) is 0 Å². The van der Waals surface area contributed by atoms with E-state index >= 15 is 0 Å². The summed E-state index contributed by atoms with van der Waals surface area (Å²) in [6.45, 7) is 0.690. The highest BCUT2D eigenvalue weighted by molar-refractivity contribution is 9.10. The van der Waals surface area contributed by atoms with E-state index in [2.05, 4.69) is 15.9 Å². The van der Waals surface area contributed by atoms with Crippen LogP contribution >= 0.6 is 15.9 Å². The molecule has 1 aliphatic heterocycles. The highest BCUT2D eigenvalue weighted by Crippen LogP contribution is 2.22. The molecule has 29 heavy (non-hydrogen) atoms. The average Bonchev–Trinajstić information content (AvgIpc) is 2.73. The number of amides is 1. The summed E-state index contributed by atoms with van der Waals surface area (Å²) in [6.07, 6.45) is 0. The van der Waals surface area contributed by atoms with Gasteiger partial charge in [0.15, 0.2) is 0 Å². The molecule has 0 radical (unpaired) electrons. The van der Waals surface area contributed by atoms with Gasteiger partial charge in [-0.15, -0.1) is 0 Å². The minimum absolute atomic E-state index is 0.0491. The second kappa shape index (κ2) is 7.74. The normalized spacial score (nSPS) is 15.6. The fourth-order valence-electron chi connectivity index (χ4n) is 3.29. The first-order valence-electron chi connectivity index (χ1n) is 8.94. The van der Waals surface area contributed by atoms with Gasteiger partial charge in [-0.3, -0.25) is 4.79 Å². The Hall–Kier alpha value is -2.49. The van der Waals surface area contributed by atoms with Crippen molar-refractivity contribution in [2.75, 3.05) is 26.2 Å². The van der Waals surface area contributed by atoms with Crippen molar-refractivity contribution in [1.82, 2.24) is 9.21 Å². The van der Waals surface area contributed by atoms with Gasteiger partial charge in [0.25, 0.3) is 5.91 Å². The zero-order valence-electron chi connectivity index (χ0n) is 15.2. The van der Waals surface area contributed by atoms with Crippen molar-refractivity contribution in [3.05, 3.63) is 75.1 Å². The van der Waals surface area contributed by atoms with Crippen molar-refractivity contribution in [1.29, 1.82) is 0 Å². The number of halogens is 1. The van der Waals surface area contributed by atoms with Crippen molar-refractivity contribution >= 4 is 42.8 Å². The SMILES string of the molecule is O=C(c1cc2ccccc2oc1=O)N1CCN(S(=O)(=O)c2cccc(Br)c2)CC1. The predicted octanol–water partition coefficient (Wildman–Crippen LogP) is 2.70. The van der Waals surface area contributed by atoms with Gasteiger partial charge in [-0.1, -0.05) is 40.2 Å². The number of rotatable bonds is 3. The lowest BCUT2D eigenvalue weighted by Gasteiger charge is -2.33. The maximum Gasteiger partial charge on any atom is 0.349 e. The van der Waals surface area contributed by atoms with Gasteiger partial charge in [-0.05, 0) is 30.3 Å². The van der Waals surface area contributed by atoms with Crippen molar-refractivity contribution in [2.45, 2.75) is 4.90 Å². The molecule has 1 amide bonds. The number of hydrogen-bond acceptors (Lipinski definition) is 5. The van der Waals surface area contributed by atoms with Crippen LogP contribution in [0.2, 0.25) is 0 Å². The van der Waals surface area contributed by atoms with E-state index in [1.165, 1.54) is 21.3 Å². The van der Waals surface area contributed by atoms with Gasteiger partial charge in [0.05, 0.1) is 4.90 Å². The van der Waals surface area contributed by atoms with Gasteiger partial charge in [0.1, 0.15) is 11.1 Å². The van der Waals surface area contributed by atoms with Gasteiger partial charge in [0, 0.05) is 36.0 Å². The Morgan fingerprint density at radius 2 is 1.69 bits per heavy atom. The Balaban J connectivity index is 1.52. The van der Waals surface area contributed by atoms with E-state index in [0.29, 0.717) is 15.4 Å². The molecular formula is C20H17BrN2O5S. The van der Waals surface area contributed by atoms with Crippen LogP contribution in [0, 0.1) is 0 Å². The van der Waals surface area contributed by atoms with Crippen LogP contribution < -0.4 is 5.63 Å². The summed E-state index contributed by atoms with van der Waals surface area (Å²) < 4.78 is 32.9. The van der Waals surface area contributed by atoms with Crippen LogP contribution in [0.25, 0.3) is 11.0 Å². The van der Waals surface area contributed by atoms with Crippen molar-refractivity contribution in [3.8, 4) is 0 Å². The molecule has 2 aromatic carbocycles. The third-order valence-corrected chi connectivity index (χ3v) is 7.22. The Bertz CT molecular complexity index is 1250. The quantitative estimate of drug-likeness (QED) is 0.542. The van der Waals surface area contributed by atoms with Crippen molar-refractivity contribution < 1.29 is 17.6 Å². The molecule has 4 rings (SSSR count). The van der Waals surface area contributed by atoms with Crippen molar-refractivity contribution in [3.63, 3.8) is 0 Å². The van der Waals surface area contributed by atoms with E-state index < -0.39 is 21.6 Å². The Kier molecular flexibility index (Phi) is 5.28. The number of carbonyl (C=O) groups excluding carboxylic acids is 1. The molecule has 0 unspecified atom stereocenters. The first-order chi connectivity index (χ1) is 13.9. The standard InChI is InChI=1S/C20H17BrN2O5S/c21-15-5-3-6-16(13-15)29(26,27)23-10-8-22(9-11-23)19(24)17-12-14-4-1-2-7-18(14)28-20(17)25/h1-7,12-13H,8-11H2. The average molecular weight is 477 g/mol. The minimum Gasteiger partial charge on any atom is -0.422 e. The van der Waals surface area contributed by atoms with E-state index in [-0.39, 0.29) is 36.6 Å². The monoisotopic (exact) mass is 476 g/mol. The lowest BCUT2D eigenvalue weighted by molar-refractivity contribution is 0.0694. The van der Waals surface area contributed by atoms with Crippen LogP contribution in [0.1, 0.15) is 10.4 Å². The largest absolute Gasteiger partial charge is 0.422 e. The number of fused-ring (bicyclic) bond motifs is 1. The van der Waals surface area contributed by atoms with Crippen LogP contribution in [0.4, 0.5) is 0 Å². The Morgan fingerprint density at radius 3 is 2.41 bits per heavy atom. The fourth-order valence-corrected chi connectivity index (χ4v) is 5.31. The molecule has 1 fully saturated rings. The second-order valence-corrected chi connectivity index (χ2v) is 9.49. The lowest BCUT2D eigenvalue weighted by atomic mass is 10.1. The highest BCUT2D eigenvalue weighted by atomic mass is 79.9. The number of para-hydroxylation sites is 1. The van der Waals surface area contributed by atoms with Crippen LogP contribution in [-0.2, 0) is 10.0 Å². The summed E-state index contributed by atoms with van der Waals surface area (Å²) in [5, 5.41) is 0.659. The predicted molar refractivity (Wildman–Crippen MR) is 111 cm³/mol. The summed E-state index contributed by atoms with van der Waals surface area (Å²) in [6, 6.07) is 15.0. The number of sulfonamides is 1. The molecule has 0 saturated carbocycles. The molecule has 0 bridgehead atoms. The molecule has 3 aromatic rings. The summed E-state index contributed by atoms with van der Waals surface area (Å²) in [7, 11) is -3.65. The maximum atomic E-state index is 12.8. The highest BCUT2D eigenvalue weighted by Gasteiger charge is 2.31. The number of piperazine rings is 1. The van der Waals surface area contributed by atoms with Crippen LogP contribution in [0.15, 0.2) is 73.2 Å². The second-order valence-electron chi connectivity index (χ2n) is 6.64. The maximum absolute atomic E-state index is 12.8. The van der Waals surface area contributed by atoms with Crippen molar-refractivity contribution in [2.24, 2.45) is 0 Å². The number of hydrogen-bond donors (Lipinski definition) is 0. The third-order valence-electron chi connectivity index (χ3n) is 4.83. The number of carbonyl (C=O) groups is 1. The summed E-state index contributed by atoms with van der Waals surface area (Å²) in [4.78, 5) is 26.7. The first kappa shape index (κ1) is 19.8. The molecule has 0 atom stereocenters. The zero-order valence-corrected chi connectivity index (χ0v) is 17.6. The summed E-state index contributed by atoms with van der Waals surface area (Å²) >= 11 is 3.28. The third kappa shape index (κ3) is 3.85. The van der Waals surface area contributed by atoms with E-state index in [1.54, 1.807) is 42.5 Å². The van der Waals surface area contributed by atoms with E-state index in [4.69, 9.17) is 4.42 Å². The molecule has 0 spiro atoms. The topological polar surface area (TPSA) is 87.9 Å². The summed E-state index contributed by atoms with van der Waals surface area (Å²) in [5.74, 6) is -0.455. The van der Waals surface area contributed by atoms with Gasteiger partial charge in [-0.25, -0.2) is 13.2 Å². The molecule has 0 aliphatic carbocycles. The van der Waals surface area contributed by atoms with Gasteiger partial charge in [-0.2, -0.15) is 4.31 Å². The molecule has 0 N–H and O–H groups in total. The van der Waals surface area contributed by atoms with Crippen LogP contribution in [-0.4, -0.2) is 49.7 Å². The van der Waals surface area contributed by atoms with Gasteiger partial charge >= 0.3 is 5.63 Å². The number of benzene rings is 2. The smallest absolute Gasteiger partial charge is 0.349 e. The Labute approximate surface area is 175 Å². The van der Waals surface area contributed by atoms with E-state index in [9.17, 15) is 18.0 Å². The Morgan fingerprint density at radius 1 is 0.966 bits per heavy atom. The molecule has 1 aliphatic rings. The molecule has 2 heterocycles. The molecule has 1 saturated heterocycles. The molecule has 7 nitrogen and oxygen atoms in total. The number of nitrogens with zero attached hydrogens (tertiary/aromatic N) is 2. The molecule has 9 heteroatoms. The first-order valence-corrected chi connectivity index (χ1v) is 11.2.